The Labute approximate surface area is 213 Å². The van der Waals surface area contributed by atoms with Crippen LogP contribution in [0.25, 0.3) is 0 Å². The number of carbonyl (C=O) groups excluding carboxylic acids is 2. The number of carbonyl (C=O) groups is 2. The molecule has 0 aliphatic carbocycles. The smallest absolute Gasteiger partial charge is 0.340 e. The molecule has 1 heterocycles. The fourth-order valence-electron chi connectivity index (χ4n) is 4.09. The average molecular weight is 497 g/mol. The van der Waals surface area contributed by atoms with E-state index in [0.717, 1.165) is 11.1 Å². The molecule has 1 atom stereocenters. The molecule has 0 saturated heterocycles. The first kappa shape index (κ1) is 23.7. The number of methoxy groups -OCH3 is 1. The first-order valence-electron chi connectivity index (χ1n) is 11.6. The number of phenols is 1. The number of ether oxygens (including phenoxy) is 3. The molecular weight excluding hydrogens is 472 g/mol. The zero-order valence-corrected chi connectivity index (χ0v) is 19.9. The molecule has 3 N–H and O–H groups in total. The molecule has 8 heteroatoms. The number of aromatic hydroxyl groups is 1. The quantitative estimate of drug-likeness (QED) is 0.229. The number of rotatable bonds is 7. The first-order chi connectivity index (χ1) is 18.0. The summed E-state index contributed by atoms with van der Waals surface area (Å²) in [5, 5.41) is 16.2. The highest BCUT2D eigenvalue weighted by molar-refractivity contribution is 6.12. The van der Waals surface area contributed by atoms with E-state index in [-0.39, 0.29) is 22.6 Å². The number of esters is 1. The predicted molar refractivity (Wildman–Crippen MR) is 138 cm³/mol. The van der Waals surface area contributed by atoms with Gasteiger partial charge in [-0.3, -0.25) is 4.79 Å². The van der Waals surface area contributed by atoms with Gasteiger partial charge in [0.15, 0.2) is 6.23 Å². The lowest BCUT2D eigenvalue weighted by Gasteiger charge is -2.17. The number of hydrogen-bond acceptors (Lipinski definition) is 7. The summed E-state index contributed by atoms with van der Waals surface area (Å²) in [6, 6.07) is 26.8. The Hall–Kier alpha value is -4.98. The predicted octanol–water partition coefficient (Wildman–Crippen LogP) is 5.51. The molecule has 4 aromatic rings. The Kier molecular flexibility index (Phi) is 6.63. The maximum atomic E-state index is 13.3. The second kappa shape index (κ2) is 10.3. The summed E-state index contributed by atoms with van der Waals surface area (Å²) in [4.78, 5) is 25.4. The van der Waals surface area contributed by atoms with Gasteiger partial charge in [0.2, 0.25) is 0 Å². The molecule has 0 fully saturated rings. The summed E-state index contributed by atoms with van der Waals surface area (Å²) in [6.45, 7) is 0.397. The van der Waals surface area contributed by atoms with Crippen molar-refractivity contribution < 1.29 is 28.9 Å². The van der Waals surface area contributed by atoms with Gasteiger partial charge in [-0.15, -0.1) is 0 Å². The van der Waals surface area contributed by atoms with Crippen LogP contribution in [0.4, 0.5) is 11.4 Å². The first-order valence-corrected chi connectivity index (χ1v) is 11.6. The van der Waals surface area contributed by atoms with Crippen LogP contribution in [0.1, 0.15) is 38.1 Å². The molecule has 4 aromatic carbocycles. The Bertz CT molecular complexity index is 1450. The van der Waals surface area contributed by atoms with Crippen LogP contribution in [0.2, 0.25) is 0 Å². The Balaban J connectivity index is 1.38. The normalized spacial score (nSPS) is 13.6. The van der Waals surface area contributed by atoms with Gasteiger partial charge in [-0.1, -0.05) is 54.6 Å². The summed E-state index contributed by atoms with van der Waals surface area (Å²) in [5.41, 5.74) is 2.58. The van der Waals surface area contributed by atoms with Crippen molar-refractivity contribution in [1.82, 2.24) is 0 Å². The highest BCUT2D eigenvalue weighted by atomic mass is 16.5. The standard InChI is InChI=1S/C29H24N2O6/c1-35-29(34)21-13-7-14-22(32)25(21)30-27(33)20-12-8-16-24-26(20)31-28(37-24)19-11-5-6-15-23(19)36-17-18-9-3-2-4-10-18/h2-16,28,31-32H,17H2,1H3,(H,30,33). The molecule has 0 bridgehead atoms. The summed E-state index contributed by atoms with van der Waals surface area (Å²) < 4.78 is 17.0. The molecule has 1 amide bonds. The molecule has 37 heavy (non-hydrogen) atoms. The van der Waals surface area contributed by atoms with Crippen LogP contribution in [0.15, 0.2) is 91.0 Å². The van der Waals surface area contributed by atoms with Crippen molar-refractivity contribution in [2.24, 2.45) is 0 Å². The molecule has 186 valence electrons. The topological polar surface area (TPSA) is 106 Å². The zero-order valence-electron chi connectivity index (χ0n) is 19.9. The second-order valence-electron chi connectivity index (χ2n) is 8.28. The van der Waals surface area contributed by atoms with Crippen LogP contribution in [0, 0.1) is 0 Å². The Morgan fingerprint density at radius 2 is 1.65 bits per heavy atom. The van der Waals surface area contributed by atoms with E-state index in [0.29, 0.717) is 23.8 Å². The number of nitrogens with one attached hydrogen (secondary N) is 2. The van der Waals surface area contributed by atoms with Gasteiger partial charge in [0.25, 0.3) is 5.91 Å². The van der Waals surface area contributed by atoms with Crippen molar-refractivity contribution in [3.05, 3.63) is 113 Å². The molecule has 1 unspecified atom stereocenters. The summed E-state index contributed by atoms with van der Waals surface area (Å²) in [6.07, 6.45) is -0.591. The number of fused-ring (bicyclic) bond motifs is 1. The van der Waals surface area contributed by atoms with Gasteiger partial charge in [0.05, 0.1) is 35.2 Å². The van der Waals surface area contributed by atoms with Crippen LogP contribution in [0.3, 0.4) is 0 Å². The van der Waals surface area contributed by atoms with Gasteiger partial charge in [-0.25, -0.2) is 4.79 Å². The maximum Gasteiger partial charge on any atom is 0.340 e. The molecule has 0 aromatic heterocycles. The van der Waals surface area contributed by atoms with Gasteiger partial charge in [0, 0.05) is 0 Å². The van der Waals surface area contributed by atoms with Gasteiger partial charge in [-0.05, 0) is 42.0 Å². The molecule has 1 aliphatic heterocycles. The van der Waals surface area contributed by atoms with Crippen molar-refractivity contribution in [1.29, 1.82) is 0 Å². The molecule has 0 radical (unpaired) electrons. The Morgan fingerprint density at radius 3 is 2.46 bits per heavy atom. The Morgan fingerprint density at radius 1 is 0.919 bits per heavy atom. The third-order valence-electron chi connectivity index (χ3n) is 5.92. The molecule has 8 nitrogen and oxygen atoms in total. The number of para-hydroxylation sites is 3. The van der Waals surface area contributed by atoms with E-state index in [4.69, 9.17) is 14.2 Å². The minimum absolute atomic E-state index is 0.0351. The minimum atomic E-state index is -0.682. The van der Waals surface area contributed by atoms with Gasteiger partial charge in [-0.2, -0.15) is 0 Å². The van der Waals surface area contributed by atoms with E-state index in [1.165, 1.54) is 25.3 Å². The largest absolute Gasteiger partial charge is 0.506 e. The lowest BCUT2D eigenvalue weighted by molar-refractivity contribution is 0.0601. The summed E-state index contributed by atoms with van der Waals surface area (Å²) >= 11 is 0. The second-order valence-corrected chi connectivity index (χ2v) is 8.28. The summed E-state index contributed by atoms with van der Waals surface area (Å²) in [7, 11) is 1.23. The lowest BCUT2D eigenvalue weighted by atomic mass is 10.1. The molecular formula is C29H24N2O6. The SMILES string of the molecule is COC(=O)c1cccc(O)c1NC(=O)c1cccc2c1NC(c1ccccc1OCc1ccccc1)O2. The molecule has 0 saturated carbocycles. The fourth-order valence-corrected chi connectivity index (χ4v) is 4.09. The third-order valence-corrected chi connectivity index (χ3v) is 5.92. The van der Waals surface area contributed by atoms with Crippen LogP contribution in [0.5, 0.6) is 17.2 Å². The number of benzene rings is 4. The van der Waals surface area contributed by atoms with Crippen LogP contribution < -0.4 is 20.1 Å². The van der Waals surface area contributed by atoms with Crippen molar-refractivity contribution in [3.8, 4) is 17.2 Å². The van der Waals surface area contributed by atoms with Crippen LogP contribution in [-0.2, 0) is 11.3 Å². The number of hydrogen-bond donors (Lipinski definition) is 3. The monoisotopic (exact) mass is 496 g/mol. The number of amides is 1. The van der Waals surface area contributed by atoms with E-state index in [1.54, 1.807) is 18.2 Å². The average Bonchev–Trinajstić information content (AvgIpc) is 3.37. The number of phenolic OH excluding ortho intramolecular Hbond substituents is 1. The van der Waals surface area contributed by atoms with Gasteiger partial charge >= 0.3 is 5.97 Å². The molecule has 0 spiro atoms. The highest BCUT2D eigenvalue weighted by Gasteiger charge is 2.30. The molecule has 5 rings (SSSR count). The highest BCUT2D eigenvalue weighted by Crippen LogP contribution is 2.43. The van der Waals surface area contributed by atoms with E-state index in [2.05, 4.69) is 10.6 Å². The maximum absolute atomic E-state index is 13.3. The van der Waals surface area contributed by atoms with Crippen molar-refractivity contribution >= 4 is 23.3 Å². The molecule has 1 aliphatic rings. The van der Waals surface area contributed by atoms with E-state index in [9.17, 15) is 14.7 Å². The zero-order chi connectivity index (χ0) is 25.8. The van der Waals surface area contributed by atoms with Crippen molar-refractivity contribution in [3.63, 3.8) is 0 Å². The lowest BCUT2D eigenvalue weighted by Crippen LogP contribution is -2.17. The van der Waals surface area contributed by atoms with Crippen molar-refractivity contribution in [2.75, 3.05) is 17.7 Å². The number of anilines is 2. The van der Waals surface area contributed by atoms with Crippen molar-refractivity contribution in [2.45, 2.75) is 12.8 Å². The van der Waals surface area contributed by atoms with Gasteiger partial charge < -0.3 is 30.0 Å². The third kappa shape index (κ3) is 4.90. The van der Waals surface area contributed by atoms with E-state index < -0.39 is 18.1 Å². The van der Waals surface area contributed by atoms with E-state index in [1.807, 2.05) is 54.6 Å². The van der Waals surface area contributed by atoms with E-state index >= 15 is 0 Å². The summed E-state index contributed by atoms with van der Waals surface area (Å²) in [5.74, 6) is -0.331. The minimum Gasteiger partial charge on any atom is -0.506 e. The fraction of sp³-hybridized carbons (Fsp3) is 0.103. The van der Waals surface area contributed by atoms with Crippen LogP contribution in [-0.4, -0.2) is 24.1 Å². The van der Waals surface area contributed by atoms with Gasteiger partial charge in [0.1, 0.15) is 23.9 Å². The van der Waals surface area contributed by atoms with Crippen LogP contribution >= 0.6 is 0 Å².